The van der Waals surface area contributed by atoms with Crippen LogP contribution in [0.2, 0.25) is 0 Å². The van der Waals surface area contributed by atoms with Gasteiger partial charge < -0.3 is 15.8 Å². The molecule has 0 radical (unpaired) electrons. The van der Waals surface area contributed by atoms with Crippen LogP contribution in [0.25, 0.3) is 17.2 Å². The quantitative estimate of drug-likeness (QED) is 0.372. The summed E-state index contributed by atoms with van der Waals surface area (Å²) in [5.41, 5.74) is 6.75. The molecule has 0 bridgehead atoms. The molecule has 1 aliphatic heterocycles. The number of hydrogen-bond acceptors (Lipinski definition) is 7. The molecule has 3 aromatic heterocycles. The van der Waals surface area contributed by atoms with Crippen LogP contribution < -0.4 is 15.8 Å². The van der Waals surface area contributed by atoms with E-state index in [2.05, 4.69) is 25.3 Å². The first-order valence-electron chi connectivity index (χ1n) is 11.2. The Balaban J connectivity index is 1.58. The van der Waals surface area contributed by atoms with Crippen LogP contribution in [0.3, 0.4) is 0 Å². The highest BCUT2D eigenvalue weighted by Gasteiger charge is 2.47. The number of nitrogens with zero attached hydrogens (tertiary/aromatic N) is 5. The van der Waals surface area contributed by atoms with Gasteiger partial charge in [0.15, 0.2) is 11.5 Å². The fraction of sp³-hybridized carbons (Fsp3) is 0.292. The Hall–Kier alpha value is -4.29. The minimum absolute atomic E-state index is 0.00316. The highest BCUT2D eigenvalue weighted by molar-refractivity contribution is 6.09. The van der Waals surface area contributed by atoms with Crippen molar-refractivity contribution >= 4 is 23.2 Å². The second-order valence-electron chi connectivity index (χ2n) is 8.80. The highest BCUT2D eigenvalue weighted by Crippen LogP contribution is 2.44. The fourth-order valence-electron chi connectivity index (χ4n) is 4.45. The number of nitrogens with one attached hydrogen (secondary N) is 1. The molecule has 3 N–H and O–H groups in total. The van der Waals surface area contributed by atoms with Crippen molar-refractivity contribution in [2.24, 2.45) is 0 Å². The fourth-order valence-corrected chi connectivity index (χ4v) is 4.45. The molecule has 192 valence electrons. The van der Waals surface area contributed by atoms with Crippen molar-refractivity contribution in [3.05, 3.63) is 59.3 Å². The molecule has 4 aromatic rings. The topological polar surface area (TPSA) is 120 Å². The molecule has 1 aliphatic rings. The normalized spacial score (nSPS) is 17.2. The van der Waals surface area contributed by atoms with E-state index in [1.54, 1.807) is 23.7 Å². The molecule has 9 nitrogen and oxygen atoms in total. The van der Waals surface area contributed by atoms with Crippen molar-refractivity contribution < 1.29 is 27.1 Å². The first-order valence-corrected chi connectivity index (χ1v) is 11.2. The Morgan fingerprint density at radius 1 is 1.11 bits per heavy atom. The van der Waals surface area contributed by atoms with Gasteiger partial charge in [-0.1, -0.05) is 12.1 Å². The molecule has 1 unspecified atom stereocenters. The summed E-state index contributed by atoms with van der Waals surface area (Å²) in [4.78, 5) is 30.6. The lowest BCUT2D eigenvalue weighted by molar-refractivity contribution is -0.135. The predicted molar refractivity (Wildman–Crippen MR) is 125 cm³/mol. The lowest BCUT2D eigenvalue weighted by Gasteiger charge is -2.23. The summed E-state index contributed by atoms with van der Waals surface area (Å²) in [5, 5.41) is 2.71. The number of halogens is 4. The van der Waals surface area contributed by atoms with Gasteiger partial charge in [0, 0.05) is 12.6 Å². The van der Waals surface area contributed by atoms with Gasteiger partial charge in [-0.15, -0.1) is 0 Å². The SMILES string of the molecule is COc1cn2cc(-c3nc(N)c4c(n3)NC(=O)C4(C)c3ccc(F)cc3)nc(CCCC(F)(F)F)c2n1. The minimum atomic E-state index is -4.30. The van der Waals surface area contributed by atoms with Crippen LogP contribution >= 0.6 is 0 Å². The van der Waals surface area contributed by atoms with E-state index in [-0.39, 0.29) is 41.9 Å². The number of nitrogen functional groups attached to an aromatic ring is 1. The molecule has 0 saturated heterocycles. The Morgan fingerprint density at radius 2 is 1.84 bits per heavy atom. The zero-order valence-electron chi connectivity index (χ0n) is 19.7. The molecular weight excluding hydrogens is 494 g/mol. The lowest BCUT2D eigenvalue weighted by Crippen LogP contribution is -2.33. The zero-order chi connectivity index (χ0) is 26.5. The van der Waals surface area contributed by atoms with E-state index >= 15 is 0 Å². The number of imidazole rings is 1. The molecule has 0 spiro atoms. The predicted octanol–water partition coefficient (Wildman–Crippen LogP) is 4.06. The standard InChI is InChI=1S/C24H21F4N7O2/c1-23(12-5-7-13(25)8-6-12)17-18(29)32-19(33-20(17)34-22(23)36)15-10-35-11-16(37-2)31-21(35)14(30-15)4-3-9-24(26,27)28/h5-8,10-11H,3-4,9H2,1-2H3,(H3,29,32,33,34,36). The Kier molecular flexibility index (Phi) is 5.72. The summed E-state index contributed by atoms with van der Waals surface area (Å²) in [6, 6.07) is 5.48. The number of nitrogens with two attached hydrogens (primary N) is 1. The van der Waals surface area contributed by atoms with Gasteiger partial charge in [0.1, 0.15) is 28.6 Å². The summed E-state index contributed by atoms with van der Waals surface area (Å²) in [6.07, 6.45) is -2.36. The van der Waals surface area contributed by atoms with Crippen LogP contribution in [0.5, 0.6) is 5.88 Å². The van der Waals surface area contributed by atoms with Gasteiger partial charge in [-0.3, -0.25) is 9.20 Å². The molecule has 1 atom stereocenters. The van der Waals surface area contributed by atoms with E-state index in [1.807, 2.05) is 0 Å². The minimum Gasteiger partial charge on any atom is -0.480 e. The number of methoxy groups -OCH3 is 1. The molecular formula is C24H21F4N7O2. The van der Waals surface area contributed by atoms with Gasteiger partial charge in [0.25, 0.3) is 0 Å². The van der Waals surface area contributed by atoms with Crippen LogP contribution in [0, 0.1) is 5.82 Å². The number of carbonyl (C=O) groups excluding carboxylic acids is 1. The van der Waals surface area contributed by atoms with Crippen LogP contribution in [0.4, 0.5) is 29.2 Å². The number of carbonyl (C=O) groups is 1. The third-order valence-corrected chi connectivity index (χ3v) is 6.34. The van der Waals surface area contributed by atoms with Crippen molar-refractivity contribution in [3.63, 3.8) is 0 Å². The summed E-state index contributed by atoms with van der Waals surface area (Å²) in [6.45, 7) is 1.64. The Morgan fingerprint density at radius 3 is 2.51 bits per heavy atom. The van der Waals surface area contributed by atoms with Crippen molar-refractivity contribution in [2.45, 2.75) is 37.8 Å². The average Bonchev–Trinajstić information content (AvgIpc) is 3.37. The maximum absolute atomic E-state index is 13.5. The number of hydrogen-bond donors (Lipinski definition) is 2. The molecule has 5 rings (SSSR count). The van der Waals surface area contributed by atoms with Gasteiger partial charge in [0.05, 0.1) is 24.6 Å². The second kappa shape index (κ2) is 8.68. The monoisotopic (exact) mass is 515 g/mol. The van der Waals surface area contributed by atoms with E-state index in [0.717, 1.165) is 0 Å². The van der Waals surface area contributed by atoms with Crippen molar-refractivity contribution in [1.82, 2.24) is 24.3 Å². The first kappa shape index (κ1) is 24.4. The van der Waals surface area contributed by atoms with Gasteiger partial charge in [-0.2, -0.15) is 18.2 Å². The number of alkyl halides is 3. The Bertz CT molecular complexity index is 1520. The van der Waals surface area contributed by atoms with Crippen LogP contribution in [-0.2, 0) is 16.6 Å². The molecule has 0 aliphatic carbocycles. The van der Waals surface area contributed by atoms with E-state index < -0.39 is 29.7 Å². The zero-order valence-corrected chi connectivity index (χ0v) is 19.7. The number of fused-ring (bicyclic) bond motifs is 2. The van der Waals surface area contributed by atoms with E-state index in [0.29, 0.717) is 22.5 Å². The highest BCUT2D eigenvalue weighted by atomic mass is 19.4. The number of aryl methyl sites for hydroxylation is 1. The van der Waals surface area contributed by atoms with Gasteiger partial charge in [-0.25, -0.2) is 19.3 Å². The third kappa shape index (κ3) is 4.30. The first-order chi connectivity index (χ1) is 17.5. The number of ether oxygens (including phenoxy) is 1. The Labute approximate surface area is 207 Å². The van der Waals surface area contributed by atoms with Gasteiger partial charge in [0.2, 0.25) is 11.8 Å². The molecule has 1 amide bonds. The summed E-state index contributed by atoms with van der Waals surface area (Å²) in [5.74, 6) is -0.367. The van der Waals surface area contributed by atoms with E-state index in [1.165, 1.54) is 31.4 Å². The van der Waals surface area contributed by atoms with Gasteiger partial charge in [-0.05, 0) is 37.5 Å². The second-order valence-corrected chi connectivity index (χ2v) is 8.80. The molecule has 13 heteroatoms. The number of rotatable bonds is 6. The smallest absolute Gasteiger partial charge is 0.389 e. The summed E-state index contributed by atoms with van der Waals surface area (Å²) >= 11 is 0. The maximum atomic E-state index is 13.5. The van der Waals surface area contributed by atoms with Gasteiger partial charge >= 0.3 is 6.18 Å². The number of amides is 1. The molecule has 0 saturated carbocycles. The number of anilines is 2. The molecule has 37 heavy (non-hydrogen) atoms. The molecule has 4 heterocycles. The average molecular weight is 515 g/mol. The van der Waals surface area contributed by atoms with Crippen molar-refractivity contribution in [1.29, 1.82) is 0 Å². The third-order valence-electron chi connectivity index (χ3n) is 6.34. The summed E-state index contributed by atoms with van der Waals surface area (Å²) < 4.78 is 58.4. The summed E-state index contributed by atoms with van der Waals surface area (Å²) in [7, 11) is 1.42. The van der Waals surface area contributed by atoms with Crippen LogP contribution in [0.1, 0.15) is 36.6 Å². The van der Waals surface area contributed by atoms with Crippen molar-refractivity contribution in [3.8, 4) is 17.4 Å². The van der Waals surface area contributed by atoms with Crippen LogP contribution in [0.15, 0.2) is 36.7 Å². The lowest BCUT2D eigenvalue weighted by atomic mass is 9.78. The van der Waals surface area contributed by atoms with E-state index in [4.69, 9.17) is 10.5 Å². The molecule has 0 fully saturated rings. The van der Waals surface area contributed by atoms with Crippen LogP contribution in [-0.4, -0.2) is 43.5 Å². The molecule has 1 aromatic carbocycles. The number of aromatic nitrogens is 5. The van der Waals surface area contributed by atoms with Crippen molar-refractivity contribution in [2.75, 3.05) is 18.2 Å². The maximum Gasteiger partial charge on any atom is 0.389 e. The van der Waals surface area contributed by atoms with E-state index in [9.17, 15) is 22.4 Å². The largest absolute Gasteiger partial charge is 0.480 e. The number of benzene rings is 1.